The Bertz CT molecular complexity index is 512. The van der Waals surface area contributed by atoms with Crippen LogP contribution in [0.25, 0.3) is 10.7 Å². The Balaban J connectivity index is 2.52. The molecular formula is C10H11N3OS. The van der Waals surface area contributed by atoms with E-state index in [0.29, 0.717) is 0 Å². The second-order valence-corrected chi connectivity index (χ2v) is 4.33. The summed E-state index contributed by atoms with van der Waals surface area (Å²) in [6, 6.07) is 1.89. The maximum absolute atomic E-state index is 11.3. The molecule has 0 spiro atoms. The van der Waals surface area contributed by atoms with Crippen molar-refractivity contribution in [3.63, 3.8) is 0 Å². The monoisotopic (exact) mass is 221 g/mol. The molecule has 0 aliphatic heterocycles. The van der Waals surface area contributed by atoms with E-state index in [4.69, 9.17) is 0 Å². The molecule has 2 aromatic heterocycles. The first-order chi connectivity index (χ1) is 7.09. The lowest BCUT2D eigenvalue weighted by Gasteiger charge is -1.94. The SMILES string of the molecule is CC(=O)c1sc(-c2ccnn2C)nc1C. The van der Waals surface area contributed by atoms with E-state index in [1.165, 1.54) is 11.3 Å². The zero-order chi connectivity index (χ0) is 11.0. The first kappa shape index (κ1) is 10.0. The van der Waals surface area contributed by atoms with E-state index in [1.54, 1.807) is 17.8 Å². The summed E-state index contributed by atoms with van der Waals surface area (Å²) >= 11 is 1.42. The molecule has 0 radical (unpaired) electrons. The van der Waals surface area contributed by atoms with E-state index in [0.717, 1.165) is 21.3 Å². The molecule has 2 rings (SSSR count). The predicted octanol–water partition coefficient (Wildman–Crippen LogP) is 2.05. The Kier molecular flexibility index (Phi) is 2.40. The van der Waals surface area contributed by atoms with Gasteiger partial charge in [0.1, 0.15) is 5.01 Å². The first-order valence-corrected chi connectivity index (χ1v) is 5.38. The Morgan fingerprint density at radius 1 is 1.53 bits per heavy atom. The number of ketones is 1. The van der Waals surface area contributed by atoms with E-state index in [2.05, 4.69) is 10.1 Å². The van der Waals surface area contributed by atoms with Gasteiger partial charge in [-0.15, -0.1) is 11.3 Å². The standard InChI is InChI=1S/C10H11N3OS/c1-6-9(7(2)14)15-10(12-6)8-4-5-11-13(8)3/h4-5H,1-3H3. The highest BCUT2D eigenvalue weighted by Gasteiger charge is 2.14. The molecule has 0 saturated carbocycles. The van der Waals surface area contributed by atoms with Crippen LogP contribution < -0.4 is 0 Å². The number of rotatable bonds is 2. The molecule has 78 valence electrons. The van der Waals surface area contributed by atoms with Gasteiger partial charge in [-0.3, -0.25) is 9.48 Å². The highest BCUT2D eigenvalue weighted by Crippen LogP contribution is 2.27. The Morgan fingerprint density at radius 2 is 2.27 bits per heavy atom. The number of aromatic nitrogens is 3. The van der Waals surface area contributed by atoms with Crippen LogP contribution in [0, 0.1) is 6.92 Å². The van der Waals surface area contributed by atoms with Crippen LogP contribution in [-0.4, -0.2) is 20.5 Å². The number of hydrogen-bond donors (Lipinski definition) is 0. The van der Waals surface area contributed by atoms with Crippen molar-refractivity contribution in [1.29, 1.82) is 0 Å². The lowest BCUT2D eigenvalue weighted by molar-refractivity contribution is 0.102. The van der Waals surface area contributed by atoms with Crippen LogP contribution in [0.4, 0.5) is 0 Å². The van der Waals surface area contributed by atoms with Gasteiger partial charge in [0.25, 0.3) is 0 Å². The minimum absolute atomic E-state index is 0.0680. The summed E-state index contributed by atoms with van der Waals surface area (Å²) in [4.78, 5) is 16.4. The molecule has 0 aliphatic rings. The summed E-state index contributed by atoms with van der Waals surface area (Å²) in [5.41, 5.74) is 1.74. The fraction of sp³-hybridized carbons (Fsp3) is 0.300. The third-order valence-electron chi connectivity index (χ3n) is 2.16. The molecule has 0 fully saturated rings. The van der Waals surface area contributed by atoms with Crippen molar-refractivity contribution in [2.45, 2.75) is 13.8 Å². The maximum atomic E-state index is 11.3. The number of hydrogen-bond acceptors (Lipinski definition) is 4. The van der Waals surface area contributed by atoms with Crippen LogP contribution in [-0.2, 0) is 7.05 Å². The van der Waals surface area contributed by atoms with Gasteiger partial charge in [-0.05, 0) is 13.0 Å². The topological polar surface area (TPSA) is 47.8 Å². The van der Waals surface area contributed by atoms with Gasteiger partial charge in [0.15, 0.2) is 5.78 Å². The molecule has 0 atom stereocenters. The molecular weight excluding hydrogens is 210 g/mol. The number of carbonyl (C=O) groups is 1. The van der Waals surface area contributed by atoms with Crippen molar-refractivity contribution < 1.29 is 4.79 Å². The van der Waals surface area contributed by atoms with E-state index in [-0.39, 0.29) is 5.78 Å². The van der Waals surface area contributed by atoms with Crippen LogP contribution in [0.3, 0.4) is 0 Å². The summed E-state index contributed by atoms with van der Waals surface area (Å²) in [5, 5.41) is 4.92. The third-order valence-corrected chi connectivity index (χ3v) is 3.44. The van der Waals surface area contributed by atoms with Gasteiger partial charge < -0.3 is 0 Å². The van der Waals surface area contributed by atoms with Gasteiger partial charge >= 0.3 is 0 Å². The third kappa shape index (κ3) is 1.70. The molecule has 4 nitrogen and oxygen atoms in total. The average Bonchev–Trinajstić information content (AvgIpc) is 2.71. The summed E-state index contributed by atoms with van der Waals surface area (Å²) in [6.45, 7) is 3.42. The number of Topliss-reactive ketones (excluding diaryl/α,β-unsaturated/α-hetero) is 1. The quantitative estimate of drug-likeness (QED) is 0.729. The highest BCUT2D eigenvalue weighted by molar-refractivity contribution is 7.17. The molecule has 5 heteroatoms. The number of thiazole rings is 1. The van der Waals surface area contributed by atoms with Gasteiger partial charge in [0, 0.05) is 20.2 Å². The molecule has 0 saturated heterocycles. The second kappa shape index (κ2) is 3.58. The minimum atomic E-state index is 0.0680. The van der Waals surface area contributed by atoms with Crippen molar-refractivity contribution in [3.05, 3.63) is 22.8 Å². The Hall–Kier alpha value is -1.49. The van der Waals surface area contributed by atoms with E-state index < -0.39 is 0 Å². The van der Waals surface area contributed by atoms with Gasteiger partial charge in [-0.2, -0.15) is 5.10 Å². The zero-order valence-corrected chi connectivity index (χ0v) is 9.63. The number of carbonyl (C=O) groups excluding carboxylic acids is 1. The van der Waals surface area contributed by atoms with Crippen LogP contribution in [0.2, 0.25) is 0 Å². The first-order valence-electron chi connectivity index (χ1n) is 4.56. The van der Waals surface area contributed by atoms with Crippen molar-refractivity contribution in [2.24, 2.45) is 7.05 Å². The van der Waals surface area contributed by atoms with Crippen molar-refractivity contribution in [3.8, 4) is 10.7 Å². The lowest BCUT2D eigenvalue weighted by Crippen LogP contribution is -1.92. The molecule has 2 heterocycles. The fourth-order valence-electron chi connectivity index (χ4n) is 1.42. The van der Waals surface area contributed by atoms with E-state index >= 15 is 0 Å². The van der Waals surface area contributed by atoms with Crippen molar-refractivity contribution >= 4 is 17.1 Å². The lowest BCUT2D eigenvalue weighted by atomic mass is 10.3. The second-order valence-electron chi connectivity index (χ2n) is 3.33. The number of aryl methyl sites for hydroxylation is 2. The molecule has 0 aliphatic carbocycles. The highest BCUT2D eigenvalue weighted by atomic mass is 32.1. The molecule has 2 aromatic rings. The van der Waals surface area contributed by atoms with Crippen LogP contribution in [0.15, 0.2) is 12.3 Å². The van der Waals surface area contributed by atoms with Crippen molar-refractivity contribution in [2.75, 3.05) is 0 Å². The molecule has 0 bridgehead atoms. The van der Waals surface area contributed by atoms with Crippen LogP contribution in [0.1, 0.15) is 22.3 Å². The normalized spacial score (nSPS) is 10.6. The van der Waals surface area contributed by atoms with Crippen molar-refractivity contribution in [1.82, 2.24) is 14.8 Å². The van der Waals surface area contributed by atoms with Gasteiger partial charge in [0.2, 0.25) is 0 Å². The van der Waals surface area contributed by atoms with E-state index in [1.807, 2.05) is 20.0 Å². The smallest absolute Gasteiger partial charge is 0.171 e. The predicted molar refractivity (Wildman–Crippen MR) is 59.1 cm³/mol. The maximum Gasteiger partial charge on any atom is 0.171 e. The molecule has 0 amide bonds. The van der Waals surface area contributed by atoms with Crippen LogP contribution >= 0.6 is 11.3 Å². The largest absolute Gasteiger partial charge is 0.294 e. The van der Waals surface area contributed by atoms with Gasteiger partial charge in [-0.1, -0.05) is 0 Å². The summed E-state index contributed by atoms with van der Waals surface area (Å²) in [5.74, 6) is 0.0680. The molecule has 15 heavy (non-hydrogen) atoms. The molecule has 0 unspecified atom stereocenters. The molecule has 0 N–H and O–H groups in total. The Morgan fingerprint density at radius 3 is 2.73 bits per heavy atom. The Labute approximate surface area is 91.6 Å². The fourth-order valence-corrected chi connectivity index (χ4v) is 2.43. The average molecular weight is 221 g/mol. The van der Waals surface area contributed by atoms with Gasteiger partial charge in [-0.25, -0.2) is 4.98 Å². The van der Waals surface area contributed by atoms with Gasteiger partial charge in [0.05, 0.1) is 16.3 Å². The zero-order valence-electron chi connectivity index (χ0n) is 8.81. The summed E-state index contributed by atoms with van der Waals surface area (Å²) in [7, 11) is 1.86. The van der Waals surface area contributed by atoms with E-state index in [9.17, 15) is 4.79 Å². The number of nitrogens with zero attached hydrogens (tertiary/aromatic N) is 3. The minimum Gasteiger partial charge on any atom is -0.294 e. The van der Waals surface area contributed by atoms with Crippen LogP contribution in [0.5, 0.6) is 0 Å². The summed E-state index contributed by atoms with van der Waals surface area (Å²) in [6.07, 6.45) is 1.72. The molecule has 0 aromatic carbocycles. The summed E-state index contributed by atoms with van der Waals surface area (Å²) < 4.78 is 1.75.